The number of carbonyl (C=O) groups is 2. The van der Waals surface area contributed by atoms with Crippen molar-refractivity contribution in [2.45, 2.75) is 243 Å². The zero-order valence-corrected chi connectivity index (χ0v) is 46.6. The molecule has 1 aliphatic rings. The number of aliphatic hydroxyl groups is 5. The van der Waals surface area contributed by atoms with Gasteiger partial charge < -0.3 is 45.1 Å². The van der Waals surface area contributed by atoms with E-state index in [0.29, 0.717) is 12.8 Å². The van der Waals surface area contributed by atoms with Crippen LogP contribution in [-0.4, -0.2) is 99.6 Å². The first-order chi connectivity index (χ1) is 36.7. The van der Waals surface area contributed by atoms with Crippen LogP contribution < -0.4 is 5.32 Å². The standard InChI is InChI=1S/C64H103NO10/c1-4-7-10-13-16-19-22-24-25-26-27-28-29-30-31-32-33-34-37-40-43-46-49-52-59(69)75-62-61(71)60(70)58(53-66)74-64(62)73-54-55(56(67)50-47-44-41-38-35-21-18-15-12-9-6-3)65-63(72)57(68)51-48-45-42-39-36-23-20-17-14-11-8-5-2/h7-8,10-11,14,16-17,19-20,23-25,27-28,30-31,36,39,42,45,47,50,55-58,60-62,64,66-68,70-71H,4-6,9,12-13,15,18,21-22,26,29,32-35,37-38,40-41,43-44,46,48-49,51-54H2,1-3H3,(H,65,72)/b10-7-,11-8+,17-14+,19-16-,23-20-,25-24-,28-27-,31-30-,39-36-,45-42+,50-47+. The van der Waals surface area contributed by atoms with Crippen molar-refractivity contribution >= 4 is 11.9 Å². The Morgan fingerprint density at radius 1 is 0.547 bits per heavy atom. The summed E-state index contributed by atoms with van der Waals surface area (Å²) in [5.41, 5.74) is 0. The highest BCUT2D eigenvalue weighted by atomic mass is 16.7. The minimum Gasteiger partial charge on any atom is -0.454 e. The van der Waals surface area contributed by atoms with Gasteiger partial charge in [0, 0.05) is 6.42 Å². The van der Waals surface area contributed by atoms with Gasteiger partial charge in [0.25, 0.3) is 0 Å². The maximum atomic E-state index is 13.3. The van der Waals surface area contributed by atoms with Crippen LogP contribution in [0.4, 0.5) is 0 Å². The normalized spacial score (nSPS) is 20.2. The van der Waals surface area contributed by atoms with Crippen LogP contribution in [0.25, 0.3) is 0 Å². The van der Waals surface area contributed by atoms with Crippen LogP contribution in [0.1, 0.15) is 194 Å². The summed E-state index contributed by atoms with van der Waals surface area (Å²) >= 11 is 0. The van der Waals surface area contributed by atoms with Gasteiger partial charge in [-0.05, 0) is 83.5 Å². The molecule has 0 aromatic rings. The smallest absolute Gasteiger partial charge is 0.306 e. The topological polar surface area (TPSA) is 175 Å². The van der Waals surface area contributed by atoms with Crippen LogP contribution in [-0.2, 0) is 23.8 Å². The van der Waals surface area contributed by atoms with Gasteiger partial charge in [-0.2, -0.15) is 0 Å². The highest BCUT2D eigenvalue weighted by Gasteiger charge is 2.47. The van der Waals surface area contributed by atoms with E-state index in [-0.39, 0.29) is 19.4 Å². The summed E-state index contributed by atoms with van der Waals surface area (Å²) < 4.78 is 17.5. The van der Waals surface area contributed by atoms with Crippen molar-refractivity contribution in [3.63, 3.8) is 0 Å². The second-order valence-electron chi connectivity index (χ2n) is 19.4. The van der Waals surface area contributed by atoms with Gasteiger partial charge in [0.2, 0.25) is 5.91 Å². The van der Waals surface area contributed by atoms with E-state index in [1.165, 1.54) is 38.5 Å². The Labute approximate surface area is 454 Å². The van der Waals surface area contributed by atoms with E-state index in [1.807, 2.05) is 60.8 Å². The second kappa shape index (κ2) is 50.6. The van der Waals surface area contributed by atoms with Crippen molar-refractivity contribution in [3.8, 4) is 0 Å². The molecule has 0 bridgehead atoms. The molecule has 11 nitrogen and oxygen atoms in total. The molecule has 1 fully saturated rings. The van der Waals surface area contributed by atoms with Gasteiger partial charge >= 0.3 is 5.97 Å². The summed E-state index contributed by atoms with van der Waals surface area (Å²) in [6, 6.07) is -1.07. The average molecular weight is 1050 g/mol. The number of carbonyl (C=O) groups excluding carboxylic acids is 2. The molecular weight excluding hydrogens is 943 g/mol. The lowest BCUT2D eigenvalue weighted by Gasteiger charge is -2.41. The first-order valence-electron chi connectivity index (χ1n) is 29.0. The number of unbranched alkanes of at least 4 members (excludes halogenated alkanes) is 16. The lowest BCUT2D eigenvalue weighted by Crippen LogP contribution is -2.61. The number of amides is 1. The number of ether oxygens (including phenoxy) is 3. The molecule has 0 aromatic carbocycles. The van der Waals surface area contributed by atoms with Crippen molar-refractivity contribution in [1.29, 1.82) is 0 Å². The zero-order valence-electron chi connectivity index (χ0n) is 46.6. The molecule has 1 rings (SSSR count). The Bertz CT molecular complexity index is 1720. The average Bonchev–Trinajstić information content (AvgIpc) is 3.41. The van der Waals surface area contributed by atoms with Crippen molar-refractivity contribution < 1.29 is 49.3 Å². The van der Waals surface area contributed by atoms with E-state index < -0.39 is 67.4 Å². The van der Waals surface area contributed by atoms with E-state index in [2.05, 4.69) is 92.9 Å². The molecule has 8 atom stereocenters. The van der Waals surface area contributed by atoms with E-state index >= 15 is 0 Å². The lowest BCUT2D eigenvalue weighted by atomic mass is 9.99. The molecule has 0 aliphatic carbocycles. The van der Waals surface area contributed by atoms with Crippen molar-refractivity contribution in [2.24, 2.45) is 0 Å². The van der Waals surface area contributed by atoms with Gasteiger partial charge in [-0.25, -0.2) is 0 Å². The van der Waals surface area contributed by atoms with Gasteiger partial charge in [-0.15, -0.1) is 0 Å². The van der Waals surface area contributed by atoms with Crippen LogP contribution in [0.2, 0.25) is 0 Å². The summed E-state index contributed by atoms with van der Waals surface area (Å²) in [4.78, 5) is 26.4. The van der Waals surface area contributed by atoms with Crippen molar-refractivity contribution in [3.05, 3.63) is 134 Å². The molecule has 75 heavy (non-hydrogen) atoms. The minimum absolute atomic E-state index is 0.0931. The lowest BCUT2D eigenvalue weighted by molar-refractivity contribution is -0.305. The van der Waals surface area contributed by atoms with Crippen LogP contribution >= 0.6 is 0 Å². The SMILES string of the molecule is CC/C=C\C/C=C\C/C=C\C/C=C\C/C=C\CCCCCCCCCC(=O)OC1C(OCC(NC(=O)C(O)CC/C=C/C=C\C=C/C=C/C=C/CC)C(O)/C=C/CCCCCCCCCCC)OC(CO)C(O)C1O. The Morgan fingerprint density at radius 3 is 1.57 bits per heavy atom. The van der Waals surface area contributed by atoms with Crippen LogP contribution in [0.5, 0.6) is 0 Å². The van der Waals surface area contributed by atoms with Crippen molar-refractivity contribution in [2.75, 3.05) is 13.2 Å². The number of hydrogen-bond donors (Lipinski definition) is 6. The van der Waals surface area contributed by atoms with E-state index in [4.69, 9.17) is 14.2 Å². The Balaban J connectivity index is 2.70. The summed E-state index contributed by atoms with van der Waals surface area (Å²) in [6.45, 7) is 5.43. The van der Waals surface area contributed by atoms with Gasteiger partial charge in [0.15, 0.2) is 12.4 Å². The fourth-order valence-electron chi connectivity index (χ4n) is 8.12. The van der Waals surface area contributed by atoms with Crippen molar-refractivity contribution in [1.82, 2.24) is 5.32 Å². The molecule has 0 aromatic heterocycles. The maximum absolute atomic E-state index is 13.3. The second-order valence-corrected chi connectivity index (χ2v) is 19.4. The molecule has 0 saturated carbocycles. The summed E-state index contributed by atoms with van der Waals surface area (Å²) in [6.07, 6.45) is 60.9. The Kier molecular flexibility index (Phi) is 46.4. The number of nitrogens with one attached hydrogen (secondary N) is 1. The van der Waals surface area contributed by atoms with Gasteiger partial charge in [0.1, 0.15) is 24.4 Å². The highest BCUT2D eigenvalue weighted by molar-refractivity contribution is 5.80. The molecule has 8 unspecified atom stereocenters. The Hall–Kier alpha value is -4.20. The monoisotopic (exact) mass is 1050 g/mol. The number of aliphatic hydroxyl groups excluding tert-OH is 5. The minimum atomic E-state index is -1.64. The predicted octanol–water partition coefficient (Wildman–Crippen LogP) is 13.3. The number of allylic oxidation sites excluding steroid dienone is 21. The van der Waals surface area contributed by atoms with E-state index in [0.717, 1.165) is 109 Å². The molecule has 1 aliphatic heterocycles. The third kappa shape index (κ3) is 38.9. The molecule has 1 saturated heterocycles. The molecule has 0 spiro atoms. The predicted molar refractivity (Wildman–Crippen MR) is 310 cm³/mol. The quantitative estimate of drug-likeness (QED) is 0.0149. The Morgan fingerprint density at radius 2 is 1.03 bits per heavy atom. The molecule has 1 amide bonds. The van der Waals surface area contributed by atoms with Gasteiger partial charge in [-0.3, -0.25) is 9.59 Å². The molecular formula is C64H103NO10. The van der Waals surface area contributed by atoms with Crippen LogP contribution in [0.3, 0.4) is 0 Å². The fourth-order valence-corrected chi connectivity index (χ4v) is 8.12. The number of rotatable bonds is 46. The molecule has 0 radical (unpaired) electrons. The summed E-state index contributed by atoms with van der Waals surface area (Å²) in [5, 5.41) is 56.6. The van der Waals surface area contributed by atoms with E-state index in [1.54, 1.807) is 6.08 Å². The number of hydrogen-bond acceptors (Lipinski definition) is 10. The van der Waals surface area contributed by atoms with Crippen LogP contribution in [0, 0.1) is 0 Å². The third-order valence-electron chi connectivity index (χ3n) is 12.7. The first-order valence-corrected chi connectivity index (χ1v) is 29.0. The molecule has 11 heteroatoms. The van der Waals surface area contributed by atoms with E-state index in [9.17, 15) is 35.1 Å². The molecule has 6 N–H and O–H groups in total. The summed E-state index contributed by atoms with van der Waals surface area (Å²) in [5.74, 6) is -1.30. The van der Waals surface area contributed by atoms with Gasteiger partial charge in [0.05, 0.1) is 25.4 Å². The third-order valence-corrected chi connectivity index (χ3v) is 12.7. The fraction of sp³-hybridized carbons (Fsp3) is 0.625. The molecule has 1 heterocycles. The van der Waals surface area contributed by atoms with Gasteiger partial charge in [-0.1, -0.05) is 238 Å². The molecule has 424 valence electrons. The highest BCUT2D eigenvalue weighted by Crippen LogP contribution is 2.26. The van der Waals surface area contributed by atoms with Crippen LogP contribution in [0.15, 0.2) is 134 Å². The number of esters is 1. The first kappa shape index (κ1) is 68.8. The summed E-state index contributed by atoms with van der Waals surface area (Å²) in [7, 11) is 0. The maximum Gasteiger partial charge on any atom is 0.306 e. The zero-order chi connectivity index (χ0) is 54.7. The largest absolute Gasteiger partial charge is 0.454 e.